The molecule has 0 aliphatic heterocycles. The number of aliphatic hydroxyl groups is 1. The van der Waals surface area contributed by atoms with Crippen LogP contribution in [0.2, 0.25) is 0 Å². The van der Waals surface area contributed by atoms with Crippen LogP contribution >= 0.6 is 0 Å². The maximum absolute atomic E-state index is 13.6. The number of carbonyl (C=O) groups is 1. The Kier molecular flexibility index (Phi) is 11.5. The van der Waals surface area contributed by atoms with Crippen molar-refractivity contribution in [2.24, 2.45) is 0 Å². The number of nitrogens with one attached hydrogen (secondary N) is 1. The lowest BCUT2D eigenvalue weighted by molar-refractivity contribution is -0.116. The first-order valence-corrected chi connectivity index (χ1v) is 13.8. The molecule has 6 heteroatoms. The monoisotopic (exact) mass is 527 g/mol. The van der Waals surface area contributed by atoms with Crippen molar-refractivity contribution < 1.29 is 24.1 Å². The van der Waals surface area contributed by atoms with E-state index in [1.54, 1.807) is 21.3 Å². The molecule has 2 N–H and O–H groups in total. The number of rotatable bonds is 14. The predicted octanol–water partition coefficient (Wildman–Crippen LogP) is 7.41. The summed E-state index contributed by atoms with van der Waals surface area (Å²) in [5.74, 6) is 1.69. The molecule has 212 valence electrons. The summed E-state index contributed by atoms with van der Waals surface area (Å²) in [5.41, 5.74) is 3.09. The topological polar surface area (TPSA) is 77.0 Å². The number of methoxy groups -OCH3 is 3. The summed E-state index contributed by atoms with van der Waals surface area (Å²) in [6.07, 6.45) is 5.80. The van der Waals surface area contributed by atoms with Crippen LogP contribution in [-0.4, -0.2) is 37.9 Å². The summed E-state index contributed by atoms with van der Waals surface area (Å²) in [7, 11) is 4.83. The summed E-state index contributed by atoms with van der Waals surface area (Å²) >= 11 is 0. The van der Waals surface area contributed by atoms with Crippen LogP contribution in [-0.2, 0) is 16.6 Å². The van der Waals surface area contributed by atoms with Gasteiger partial charge in [0.15, 0.2) is 11.5 Å². The van der Waals surface area contributed by atoms with Crippen molar-refractivity contribution in [2.45, 2.75) is 103 Å². The fraction of sp³-hybridized carbons (Fsp3) is 0.594. The van der Waals surface area contributed by atoms with Crippen LogP contribution in [0.25, 0.3) is 0 Å². The third-order valence-electron chi connectivity index (χ3n) is 6.95. The van der Waals surface area contributed by atoms with Crippen molar-refractivity contribution in [1.29, 1.82) is 0 Å². The minimum atomic E-state index is -0.740. The average Bonchev–Trinajstić information content (AvgIpc) is 2.84. The summed E-state index contributed by atoms with van der Waals surface area (Å²) in [5, 5.41) is 13.4. The molecule has 0 aliphatic carbocycles. The van der Waals surface area contributed by atoms with Gasteiger partial charge < -0.3 is 24.6 Å². The van der Waals surface area contributed by atoms with E-state index in [0.29, 0.717) is 30.1 Å². The molecule has 6 nitrogen and oxygen atoms in total. The maximum Gasteiger partial charge on any atom is 0.224 e. The highest BCUT2D eigenvalue weighted by molar-refractivity contribution is 5.92. The highest BCUT2D eigenvalue weighted by Gasteiger charge is 2.26. The zero-order chi connectivity index (χ0) is 28.5. The third-order valence-corrected chi connectivity index (χ3v) is 6.95. The summed E-state index contributed by atoms with van der Waals surface area (Å²) in [4.78, 5) is 13.6. The second-order valence-electron chi connectivity index (χ2n) is 11.8. The molecule has 0 spiro atoms. The highest BCUT2D eigenvalue weighted by Crippen LogP contribution is 2.44. The first kappa shape index (κ1) is 31.5. The Balaban J connectivity index is 2.39. The second kappa shape index (κ2) is 13.9. The number of hydrogen-bond acceptors (Lipinski definition) is 5. The number of ether oxygens (including phenoxy) is 3. The van der Waals surface area contributed by atoms with Crippen molar-refractivity contribution in [2.75, 3.05) is 26.6 Å². The first-order valence-electron chi connectivity index (χ1n) is 13.8. The van der Waals surface area contributed by atoms with E-state index < -0.39 is 5.60 Å². The molecule has 38 heavy (non-hydrogen) atoms. The molecule has 2 rings (SSSR count). The zero-order valence-corrected chi connectivity index (χ0v) is 25.0. The van der Waals surface area contributed by atoms with Gasteiger partial charge in [-0.05, 0) is 67.7 Å². The van der Waals surface area contributed by atoms with E-state index in [-0.39, 0.29) is 17.2 Å². The minimum absolute atomic E-state index is 0.0338. The largest absolute Gasteiger partial charge is 0.493 e. The molecule has 0 saturated carbocycles. The first-order chi connectivity index (χ1) is 17.8. The van der Waals surface area contributed by atoms with Gasteiger partial charge in [0.05, 0.1) is 26.9 Å². The van der Waals surface area contributed by atoms with Gasteiger partial charge in [0.25, 0.3) is 0 Å². The Morgan fingerprint density at radius 2 is 1.63 bits per heavy atom. The van der Waals surface area contributed by atoms with Crippen molar-refractivity contribution in [1.82, 2.24) is 0 Å². The van der Waals surface area contributed by atoms with E-state index in [4.69, 9.17) is 14.2 Å². The lowest BCUT2D eigenvalue weighted by Gasteiger charge is -2.26. The molecule has 2 aromatic rings. The van der Waals surface area contributed by atoms with E-state index in [9.17, 15) is 9.90 Å². The molecule has 0 heterocycles. The quantitative estimate of drug-likeness (QED) is 0.250. The fourth-order valence-corrected chi connectivity index (χ4v) is 4.83. The number of anilines is 1. The summed E-state index contributed by atoms with van der Waals surface area (Å²) in [6.45, 7) is 12.3. The summed E-state index contributed by atoms with van der Waals surface area (Å²) in [6, 6.07) is 10.1. The molecule has 2 aromatic carbocycles. The Bertz CT molecular complexity index is 1050. The van der Waals surface area contributed by atoms with Gasteiger partial charge in [-0.1, -0.05) is 65.2 Å². The van der Waals surface area contributed by atoms with Crippen molar-refractivity contribution in [3.8, 4) is 17.2 Å². The van der Waals surface area contributed by atoms with Crippen LogP contribution in [0.1, 0.15) is 103 Å². The van der Waals surface area contributed by atoms with E-state index >= 15 is 0 Å². The SMILES string of the molecule is CCCCCC(CC(=O)Nc1cc(CCC(C)(C)O)ccc1C(C)(C)C)c1ccc(OC)c(OC)c1OC. The van der Waals surface area contributed by atoms with Crippen LogP contribution in [0.4, 0.5) is 5.69 Å². The Labute approximate surface area is 230 Å². The Morgan fingerprint density at radius 1 is 0.947 bits per heavy atom. The molecule has 1 atom stereocenters. The van der Waals surface area contributed by atoms with Crippen LogP contribution < -0.4 is 19.5 Å². The number of unbranched alkanes of at least 4 members (excludes halogenated alkanes) is 2. The maximum atomic E-state index is 13.6. The van der Waals surface area contributed by atoms with Crippen LogP contribution in [0.5, 0.6) is 17.2 Å². The van der Waals surface area contributed by atoms with Gasteiger partial charge >= 0.3 is 0 Å². The smallest absolute Gasteiger partial charge is 0.224 e. The van der Waals surface area contributed by atoms with E-state index in [1.165, 1.54) is 0 Å². The van der Waals surface area contributed by atoms with Crippen molar-refractivity contribution in [3.63, 3.8) is 0 Å². The molecule has 0 bridgehead atoms. The molecular weight excluding hydrogens is 478 g/mol. The van der Waals surface area contributed by atoms with Gasteiger partial charge in [-0.15, -0.1) is 0 Å². The predicted molar refractivity (Wildman–Crippen MR) is 156 cm³/mol. The lowest BCUT2D eigenvalue weighted by atomic mass is 9.84. The average molecular weight is 528 g/mol. The number of hydrogen-bond donors (Lipinski definition) is 2. The number of amides is 1. The van der Waals surface area contributed by atoms with E-state index in [0.717, 1.165) is 54.5 Å². The highest BCUT2D eigenvalue weighted by atomic mass is 16.5. The lowest BCUT2D eigenvalue weighted by Crippen LogP contribution is -2.21. The molecule has 0 radical (unpaired) electrons. The van der Waals surface area contributed by atoms with E-state index in [2.05, 4.69) is 51.2 Å². The Morgan fingerprint density at radius 3 is 2.18 bits per heavy atom. The van der Waals surface area contributed by atoms with Gasteiger partial charge in [0, 0.05) is 17.7 Å². The standard InChI is InChI=1S/C32H49NO5/c1-10-11-12-13-23(24-15-17-27(36-7)30(38-9)29(24)37-8)21-28(34)33-26-20-22(18-19-32(5,6)35)14-16-25(26)31(2,3)4/h14-17,20,23,35H,10-13,18-19,21H2,1-9H3,(H,33,34). The van der Waals surface area contributed by atoms with Crippen molar-refractivity contribution >= 4 is 11.6 Å². The zero-order valence-electron chi connectivity index (χ0n) is 25.0. The van der Waals surface area contributed by atoms with Crippen LogP contribution in [0.3, 0.4) is 0 Å². The summed E-state index contributed by atoms with van der Waals surface area (Å²) < 4.78 is 16.9. The van der Waals surface area contributed by atoms with Crippen LogP contribution in [0.15, 0.2) is 30.3 Å². The normalized spacial score (nSPS) is 12.7. The molecule has 0 saturated heterocycles. The fourth-order valence-electron chi connectivity index (χ4n) is 4.83. The minimum Gasteiger partial charge on any atom is -0.493 e. The van der Waals surface area contributed by atoms with Gasteiger partial charge in [-0.25, -0.2) is 0 Å². The van der Waals surface area contributed by atoms with Gasteiger partial charge in [0.1, 0.15) is 0 Å². The Hall–Kier alpha value is -2.73. The number of aryl methyl sites for hydroxylation is 1. The number of carbonyl (C=O) groups excluding carboxylic acids is 1. The number of benzene rings is 2. The van der Waals surface area contributed by atoms with Crippen LogP contribution in [0, 0.1) is 0 Å². The molecule has 0 aliphatic rings. The second-order valence-corrected chi connectivity index (χ2v) is 11.8. The molecule has 1 unspecified atom stereocenters. The molecule has 0 fully saturated rings. The van der Waals surface area contributed by atoms with E-state index in [1.807, 2.05) is 26.0 Å². The van der Waals surface area contributed by atoms with Gasteiger partial charge in [-0.3, -0.25) is 4.79 Å². The molecular formula is C32H49NO5. The molecule has 0 aromatic heterocycles. The third kappa shape index (κ3) is 8.93. The van der Waals surface area contributed by atoms with Crippen molar-refractivity contribution in [3.05, 3.63) is 47.0 Å². The van der Waals surface area contributed by atoms with Gasteiger partial charge in [-0.2, -0.15) is 0 Å². The molecule has 1 amide bonds. The van der Waals surface area contributed by atoms with Gasteiger partial charge in [0.2, 0.25) is 11.7 Å².